The van der Waals surface area contributed by atoms with Crippen molar-refractivity contribution in [3.8, 4) is 17.4 Å². The van der Waals surface area contributed by atoms with Crippen molar-refractivity contribution < 1.29 is 19.3 Å². The summed E-state index contributed by atoms with van der Waals surface area (Å²) in [7, 11) is 1.60. The summed E-state index contributed by atoms with van der Waals surface area (Å²) in [4.78, 5) is 8.65. The molecule has 0 aliphatic heterocycles. The Morgan fingerprint density at radius 3 is 2.58 bits per heavy atom. The minimum atomic E-state index is -0.131. The van der Waals surface area contributed by atoms with Crippen molar-refractivity contribution in [3.05, 3.63) is 40.6 Å². The molecule has 1 aliphatic rings. The number of hydrogen-bond acceptors (Lipinski definition) is 7. The van der Waals surface area contributed by atoms with Gasteiger partial charge in [0.2, 0.25) is 5.88 Å². The third kappa shape index (κ3) is 4.74. The van der Waals surface area contributed by atoms with E-state index in [1.165, 1.54) is 12.4 Å². The van der Waals surface area contributed by atoms with E-state index in [4.69, 9.17) is 37.4 Å². The number of aliphatic hydroxyl groups is 1. The second-order valence-corrected chi connectivity index (χ2v) is 8.02. The largest absolute Gasteiger partial charge is 0.493 e. The van der Waals surface area contributed by atoms with E-state index in [0.29, 0.717) is 44.3 Å². The topological polar surface area (TPSA) is 85.7 Å². The Balaban J connectivity index is 1.85. The molecule has 3 aromatic rings. The van der Waals surface area contributed by atoms with E-state index in [2.05, 4.69) is 15.3 Å². The predicted molar refractivity (Wildman–Crippen MR) is 121 cm³/mol. The Kier molecular flexibility index (Phi) is 6.85. The monoisotopic (exact) mass is 463 g/mol. The van der Waals surface area contributed by atoms with Crippen molar-refractivity contribution >= 4 is 45.5 Å². The highest BCUT2D eigenvalue weighted by Crippen LogP contribution is 2.42. The average molecular weight is 464 g/mol. The van der Waals surface area contributed by atoms with Gasteiger partial charge in [0.15, 0.2) is 11.5 Å². The van der Waals surface area contributed by atoms with Gasteiger partial charge in [0.05, 0.1) is 41.2 Å². The molecule has 7 nitrogen and oxygen atoms in total. The highest BCUT2D eigenvalue weighted by atomic mass is 35.5. The first-order valence-corrected chi connectivity index (χ1v) is 10.8. The summed E-state index contributed by atoms with van der Waals surface area (Å²) in [6.45, 7) is -0.0223. The lowest BCUT2D eigenvalue weighted by molar-refractivity contribution is 0.195. The van der Waals surface area contributed by atoms with E-state index in [1.54, 1.807) is 13.2 Å². The molecule has 1 aliphatic carbocycles. The highest BCUT2D eigenvalue weighted by Gasteiger charge is 2.23. The van der Waals surface area contributed by atoms with E-state index in [-0.39, 0.29) is 19.3 Å². The molecule has 0 unspecified atom stereocenters. The first-order valence-electron chi connectivity index (χ1n) is 10.1. The Bertz CT molecular complexity index is 1050. The number of rotatable bonds is 8. The number of pyridine rings is 2. The second kappa shape index (κ2) is 9.77. The lowest BCUT2D eigenvalue weighted by atomic mass is 10.1. The second-order valence-electron chi connectivity index (χ2n) is 7.20. The molecule has 0 spiro atoms. The van der Waals surface area contributed by atoms with Crippen molar-refractivity contribution in [2.45, 2.75) is 31.8 Å². The number of benzene rings is 1. The van der Waals surface area contributed by atoms with Gasteiger partial charge >= 0.3 is 0 Å². The maximum absolute atomic E-state index is 9.19. The Morgan fingerprint density at radius 2 is 1.90 bits per heavy atom. The van der Waals surface area contributed by atoms with Crippen molar-refractivity contribution in [2.24, 2.45) is 0 Å². The van der Waals surface area contributed by atoms with Crippen molar-refractivity contribution in [2.75, 3.05) is 25.6 Å². The van der Waals surface area contributed by atoms with Gasteiger partial charge in [0, 0.05) is 23.8 Å². The zero-order valence-corrected chi connectivity index (χ0v) is 18.5. The van der Waals surface area contributed by atoms with E-state index < -0.39 is 0 Å². The summed E-state index contributed by atoms with van der Waals surface area (Å²) in [5, 5.41) is 14.0. The predicted octanol–water partition coefficient (Wildman–Crippen LogP) is 5.38. The molecule has 164 valence electrons. The van der Waals surface area contributed by atoms with Crippen LogP contribution in [0, 0.1) is 0 Å². The lowest BCUT2D eigenvalue weighted by Gasteiger charge is -2.20. The minimum absolute atomic E-state index is 0.109. The van der Waals surface area contributed by atoms with E-state index in [9.17, 15) is 5.11 Å². The molecule has 31 heavy (non-hydrogen) atoms. The van der Waals surface area contributed by atoms with E-state index >= 15 is 0 Å². The molecule has 0 atom stereocenters. The quantitative estimate of drug-likeness (QED) is 0.463. The summed E-state index contributed by atoms with van der Waals surface area (Å²) in [6.07, 6.45) is 7.41. The molecule has 1 aromatic carbocycles. The zero-order valence-electron chi connectivity index (χ0n) is 17.0. The number of fused-ring (bicyclic) bond motifs is 1. The molecular weight excluding hydrogens is 441 g/mol. The molecule has 0 amide bonds. The van der Waals surface area contributed by atoms with Gasteiger partial charge < -0.3 is 24.6 Å². The summed E-state index contributed by atoms with van der Waals surface area (Å²) < 4.78 is 17.5. The molecule has 2 heterocycles. The number of nitrogens with zero attached hydrogens (tertiary/aromatic N) is 2. The molecule has 0 saturated heterocycles. The maximum Gasteiger partial charge on any atom is 0.216 e. The molecular formula is C22H23Cl2N3O4. The number of halogens is 2. The van der Waals surface area contributed by atoms with Gasteiger partial charge in [0.1, 0.15) is 12.1 Å². The summed E-state index contributed by atoms with van der Waals surface area (Å²) in [5.41, 5.74) is 1.78. The van der Waals surface area contributed by atoms with Crippen LogP contribution in [0.1, 0.15) is 25.7 Å². The molecule has 1 saturated carbocycles. The first-order chi connectivity index (χ1) is 15.1. The van der Waals surface area contributed by atoms with Gasteiger partial charge in [-0.05, 0) is 37.8 Å². The van der Waals surface area contributed by atoms with Gasteiger partial charge in [-0.1, -0.05) is 23.2 Å². The molecule has 9 heteroatoms. The zero-order chi connectivity index (χ0) is 21.8. The van der Waals surface area contributed by atoms with Crippen LogP contribution in [-0.2, 0) is 0 Å². The van der Waals surface area contributed by atoms with Crippen LogP contribution in [0.2, 0.25) is 10.0 Å². The molecule has 2 aromatic heterocycles. The van der Waals surface area contributed by atoms with Crippen LogP contribution in [0.3, 0.4) is 0 Å². The third-order valence-electron chi connectivity index (χ3n) is 5.14. The Morgan fingerprint density at radius 1 is 1.16 bits per heavy atom. The summed E-state index contributed by atoms with van der Waals surface area (Å²) >= 11 is 12.6. The minimum Gasteiger partial charge on any atom is -0.493 e. The number of nitrogens with one attached hydrogen (secondary N) is 1. The van der Waals surface area contributed by atoms with Gasteiger partial charge in [-0.15, -0.1) is 0 Å². The van der Waals surface area contributed by atoms with Crippen LogP contribution in [-0.4, -0.2) is 41.5 Å². The van der Waals surface area contributed by atoms with E-state index in [1.807, 2.05) is 12.1 Å². The van der Waals surface area contributed by atoms with Crippen LogP contribution >= 0.6 is 23.2 Å². The smallest absolute Gasteiger partial charge is 0.216 e. The summed E-state index contributed by atoms with van der Waals surface area (Å²) in [5.74, 6) is 1.49. The van der Waals surface area contributed by atoms with Gasteiger partial charge in [-0.3, -0.25) is 4.98 Å². The number of methoxy groups -OCH3 is 1. The van der Waals surface area contributed by atoms with E-state index in [0.717, 1.165) is 31.1 Å². The molecule has 2 N–H and O–H groups in total. The fourth-order valence-electron chi connectivity index (χ4n) is 3.67. The lowest BCUT2D eigenvalue weighted by Crippen LogP contribution is -2.12. The normalized spacial score (nSPS) is 14.1. The maximum atomic E-state index is 9.19. The fraction of sp³-hybridized carbons (Fsp3) is 0.364. The number of aliphatic hydroxyl groups excluding tert-OH is 1. The van der Waals surface area contributed by atoms with Crippen LogP contribution in [0.25, 0.3) is 10.9 Å². The van der Waals surface area contributed by atoms with Crippen molar-refractivity contribution in [1.82, 2.24) is 9.97 Å². The number of anilines is 2. The van der Waals surface area contributed by atoms with Crippen LogP contribution in [0.5, 0.6) is 17.4 Å². The SMILES string of the molecule is COc1ccc2c(Nc3c(Cl)cncc3Cl)cc(OCCO)nc2c1OC1CCCC1. The number of hydrogen-bond donors (Lipinski definition) is 2. The fourth-order valence-corrected chi connectivity index (χ4v) is 4.12. The van der Waals surface area contributed by atoms with Crippen molar-refractivity contribution in [1.29, 1.82) is 0 Å². The molecule has 0 bridgehead atoms. The van der Waals surface area contributed by atoms with Crippen LogP contribution in [0.4, 0.5) is 11.4 Å². The van der Waals surface area contributed by atoms with Gasteiger partial charge in [-0.25, -0.2) is 4.98 Å². The average Bonchev–Trinajstić information content (AvgIpc) is 3.28. The Labute approximate surface area is 190 Å². The standard InChI is InChI=1S/C22H23Cl2N3O4/c1-29-18-7-6-14-17(26-21-15(23)11-25-12-16(21)24)10-19(30-9-8-28)27-20(14)22(18)31-13-4-2-3-5-13/h6-7,10-13,28H,2-5,8-9H2,1H3,(H,25,26,27). The molecule has 0 radical (unpaired) electrons. The number of aromatic nitrogens is 2. The highest BCUT2D eigenvalue weighted by molar-refractivity contribution is 6.39. The first kappa shape index (κ1) is 21.7. The van der Waals surface area contributed by atoms with Crippen LogP contribution in [0.15, 0.2) is 30.6 Å². The van der Waals surface area contributed by atoms with Gasteiger partial charge in [0.25, 0.3) is 0 Å². The summed E-state index contributed by atoms with van der Waals surface area (Å²) in [6, 6.07) is 5.48. The van der Waals surface area contributed by atoms with Gasteiger partial charge in [-0.2, -0.15) is 0 Å². The number of ether oxygens (including phenoxy) is 3. The van der Waals surface area contributed by atoms with Crippen molar-refractivity contribution in [3.63, 3.8) is 0 Å². The third-order valence-corrected chi connectivity index (χ3v) is 5.71. The molecule has 4 rings (SSSR count). The Hall–Kier alpha value is -2.48. The van der Waals surface area contributed by atoms with Crippen LogP contribution < -0.4 is 19.5 Å². The molecule has 1 fully saturated rings.